The van der Waals surface area contributed by atoms with Crippen molar-refractivity contribution in [3.63, 3.8) is 0 Å². The van der Waals surface area contributed by atoms with Crippen LogP contribution in [0.15, 0.2) is 23.3 Å². The summed E-state index contributed by atoms with van der Waals surface area (Å²) in [6.45, 7) is 11.4. The molecule has 1 aliphatic carbocycles. The standard InChI is InChI=1S/C45H71NO13/c1-10-32-20-26(2)19-27(3)21-37(55-8)44(56-9)17-16-29(5)45(53,59-44)40(49)41(50)46-18-12-11-13-33(46)42(51)58-39(30(6)36-24-43(32,52)25-38(48)57-36)28(4)22-31-14-15-34(47)35(23-31)54-7/h20,22,27,29-37,39,47,52-53H,10-19,21,23-25H2,1-9H3/b26-20+,28-22+/t27-,29+,30+,31-,32+,33-,34+,35+,36-,37?,39+,43+,44+,45+/m0/s1. The largest absolute Gasteiger partial charge is 0.462 e. The molecule has 0 aromatic rings. The average molecular weight is 834 g/mol. The number of piperidine rings is 1. The summed E-state index contributed by atoms with van der Waals surface area (Å²) in [5.74, 6) is -9.48. The lowest BCUT2D eigenvalue weighted by Gasteiger charge is -2.50. The van der Waals surface area contributed by atoms with Crippen LogP contribution in [0.5, 0.6) is 0 Å². The Hall–Kier alpha value is -2.72. The maximum absolute atomic E-state index is 14.5. The number of allylic oxidation sites excluding steroid dienone is 2. The van der Waals surface area contributed by atoms with Crippen LogP contribution in [0.2, 0.25) is 0 Å². The van der Waals surface area contributed by atoms with Crippen molar-refractivity contribution in [1.29, 1.82) is 0 Å². The molecule has 1 amide bonds. The third-order valence-corrected chi connectivity index (χ3v) is 14.1. The van der Waals surface area contributed by atoms with Gasteiger partial charge in [0.2, 0.25) is 5.79 Å². The lowest BCUT2D eigenvalue weighted by Crippen LogP contribution is -2.66. The molecule has 4 bridgehead atoms. The van der Waals surface area contributed by atoms with Gasteiger partial charge in [-0.15, -0.1) is 0 Å². The van der Waals surface area contributed by atoms with Crippen LogP contribution in [-0.2, 0) is 47.6 Å². The Morgan fingerprint density at radius 3 is 2.37 bits per heavy atom. The molecule has 3 N–H and O–H groups in total. The Labute approximate surface area is 350 Å². The number of fused-ring (bicyclic) bond motifs is 5. The number of hydrogen-bond donors (Lipinski definition) is 3. The molecule has 14 heteroatoms. The SMILES string of the molecule is CC[C@@H]1/C=C(\C)C[C@H](C)CC(OC)[C@@]2(OC)CC[C@@H](C)[C@@](O)(O2)C(=O)C(=O)N2CCCC[C@H]2C(=O)O[C@H](/C(C)=C/[C@@H]2CC[C@@H](O)[C@H](OC)C2)[C@H](C)[C@@H]2C[C@@]1(O)CC(=O)O2. The van der Waals surface area contributed by atoms with Gasteiger partial charge in [-0.05, 0) is 95.5 Å². The monoisotopic (exact) mass is 833 g/mol. The van der Waals surface area contributed by atoms with Crippen molar-refractivity contribution in [2.75, 3.05) is 27.9 Å². The average Bonchev–Trinajstić information content (AvgIpc) is 3.21. The van der Waals surface area contributed by atoms with Gasteiger partial charge in [-0.3, -0.25) is 14.4 Å². The quantitative estimate of drug-likeness (QED) is 0.186. The summed E-state index contributed by atoms with van der Waals surface area (Å²) in [6.07, 6.45) is 5.77. The minimum Gasteiger partial charge on any atom is -0.462 e. The highest BCUT2D eigenvalue weighted by Crippen LogP contribution is 2.45. The third kappa shape index (κ3) is 10.2. The molecule has 334 valence electrons. The highest BCUT2D eigenvalue weighted by molar-refractivity contribution is 6.39. The van der Waals surface area contributed by atoms with E-state index in [4.69, 9.17) is 28.4 Å². The normalized spacial score (nSPS) is 43.4. The zero-order valence-corrected chi connectivity index (χ0v) is 36.8. The van der Waals surface area contributed by atoms with Crippen molar-refractivity contribution in [2.45, 2.75) is 179 Å². The fourth-order valence-corrected chi connectivity index (χ4v) is 10.5. The second-order valence-electron chi connectivity index (χ2n) is 18.4. The van der Waals surface area contributed by atoms with Gasteiger partial charge in [0.1, 0.15) is 24.4 Å². The summed E-state index contributed by atoms with van der Waals surface area (Å²) in [6, 6.07) is -1.15. The van der Waals surface area contributed by atoms with Crippen molar-refractivity contribution in [3.05, 3.63) is 23.3 Å². The number of esters is 2. The number of Topliss-reactive ketones (excluding diaryl/α,β-unsaturated/α-hetero) is 1. The predicted octanol–water partition coefficient (Wildman–Crippen LogP) is 4.94. The Morgan fingerprint density at radius 2 is 1.71 bits per heavy atom. The molecule has 0 aromatic heterocycles. The summed E-state index contributed by atoms with van der Waals surface area (Å²) in [4.78, 5) is 57.8. The number of carbonyl (C=O) groups is 4. The maximum atomic E-state index is 14.5. The van der Waals surface area contributed by atoms with Crippen LogP contribution in [0, 0.1) is 29.6 Å². The highest BCUT2D eigenvalue weighted by atomic mass is 16.8. The van der Waals surface area contributed by atoms with Gasteiger partial charge in [-0.2, -0.15) is 0 Å². The van der Waals surface area contributed by atoms with Crippen LogP contribution in [-0.4, -0.2) is 125 Å². The molecular formula is C45H71NO13. The van der Waals surface area contributed by atoms with Gasteiger partial charge in [0.15, 0.2) is 5.79 Å². The van der Waals surface area contributed by atoms with E-state index in [0.717, 1.165) is 5.57 Å². The molecule has 3 saturated heterocycles. The fraction of sp³-hybridized carbons (Fsp3) is 0.822. The summed E-state index contributed by atoms with van der Waals surface area (Å²) < 4.78 is 36.2. The fourth-order valence-electron chi connectivity index (χ4n) is 10.5. The van der Waals surface area contributed by atoms with E-state index < -0.39 is 89.0 Å². The topological polar surface area (TPSA) is 188 Å². The van der Waals surface area contributed by atoms with Crippen LogP contribution >= 0.6 is 0 Å². The molecule has 5 rings (SSSR count). The Morgan fingerprint density at radius 1 is 0.983 bits per heavy atom. The molecule has 1 saturated carbocycles. The second-order valence-corrected chi connectivity index (χ2v) is 18.4. The van der Waals surface area contributed by atoms with Crippen molar-refractivity contribution in [3.8, 4) is 0 Å². The molecule has 4 aliphatic heterocycles. The molecule has 5 aliphatic rings. The first-order valence-corrected chi connectivity index (χ1v) is 21.9. The van der Waals surface area contributed by atoms with E-state index in [2.05, 4.69) is 0 Å². The number of carbonyl (C=O) groups excluding carboxylic acids is 4. The number of methoxy groups -OCH3 is 3. The van der Waals surface area contributed by atoms with Crippen molar-refractivity contribution in [2.24, 2.45) is 29.6 Å². The summed E-state index contributed by atoms with van der Waals surface area (Å²) in [7, 11) is 4.51. The number of cyclic esters (lactones) is 1. The predicted molar refractivity (Wildman–Crippen MR) is 216 cm³/mol. The molecule has 14 atom stereocenters. The van der Waals surface area contributed by atoms with E-state index in [1.807, 2.05) is 46.8 Å². The molecule has 14 nitrogen and oxygen atoms in total. The van der Waals surface area contributed by atoms with Gasteiger partial charge in [-0.1, -0.05) is 45.4 Å². The first-order chi connectivity index (χ1) is 27.8. The van der Waals surface area contributed by atoms with E-state index in [0.29, 0.717) is 56.9 Å². The Kier molecular flexibility index (Phi) is 15.7. The number of aliphatic hydroxyl groups is 3. The summed E-state index contributed by atoms with van der Waals surface area (Å²) in [5, 5.41) is 35.0. The van der Waals surface area contributed by atoms with Crippen LogP contribution in [0.25, 0.3) is 0 Å². The molecule has 4 fully saturated rings. The molecule has 0 spiro atoms. The lowest BCUT2D eigenvalue weighted by atomic mass is 9.73. The zero-order chi connectivity index (χ0) is 43.4. The smallest absolute Gasteiger partial charge is 0.329 e. The first kappa shape index (κ1) is 47.3. The van der Waals surface area contributed by atoms with Crippen molar-refractivity contribution >= 4 is 23.6 Å². The van der Waals surface area contributed by atoms with Gasteiger partial charge >= 0.3 is 11.9 Å². The van der Waals surface area contributed by atoms with Crippen molar-refractivity contribution in [1.82, 2.24) is 4.90 Å². The number of rotatable bonds is 6. The number of aliphatic hydroxyl groups excluding tert-OH is 1. The molecular weight excluding hydrogens is 762 g/mol. The molecule has 59 heavy (non-hydrogen) atoms. The van der Waals surface area contributed by atoms with Crippen LogP contribution in [0.1, 0.15) is 125 Å². The lowest BCUT2D eigenvalue weighted by molar-refractivity contribution is -0.388. The van der Waals surface area contributed by atoms with Gasteiger partial charge in [0, 0.05) is 58.5 Å². The summed E-state index contributed by atoms with van der Waals surface area (Å²) in [5.41, 5.74) is 0.246. The van der Waals surface area contributed by atoms with Crippen LogP contribution < -0.4 is 0 Å². The van der Waals surface area contributed by atoms with Gasteiger partial charge in [0.05, 0.1) is 24.2 Å². The third-order valence-electron chi connectivity index (χ3n) is 14.1. The van der Waals surface area contributed by atoms with Crippen molar-refractivity contribution < 1.29 is 62.9 Å². The zero-order valence-electron chi connectivity index (χ0n) is 36.8. The number of hydrogen-bond acceptors (Lipinski definition) is 13. The first-order valence-electron chi connectivity index (χ1n) is 21.9. The minimum absolute atomic E-state index is 0.00858. The van der Waals surface area contributed by atoms with Gasteiger partial charge in [0.25, 0.3) is 11.7 Å². The van der Waals surface area contributed by atoms with E-state index >= 15 is 0 Å². The molecule has 1 unspecified atom stereocenters. The van der Waals surface area contributed by atoms with E-state index in [-0.39, 0.29) is 56.6 Å². The van der Waals surface area contributed by atoms with Crippen LogP contribution in [0.4, 0.5) is 0 Å². The number of ether oxygens (including phenoxy) is 6. The molecule has 0 aromatic carbocycles. The number of ketones is 1. The van der Waals surface area contributed by atoms with Crippen LogP contribution in [0.3, 0.4) is 0 Å². The van der Waals surface area contributed by atoms with Gasteiger partial charge < -0.3 is 48.6 Å². The highest BCUT2D eigenvalue weighted by Gasteiger charge is 2.60. The Bertz CT molecular complexity index is 1580. The molecule has 4 heterocycles. The minimum atomic E-state index is -2.57. The maximum Gasteiger partial charge on any atom is 0.329 e. The summed E-state index contributed by atoms with van der Waals surface area (Å²) >= 11 is 0. The number of amides is 1. The molecule has 0 radical (unpaired) electrons. The van der Waals surface area contributed by atoms with E-state index in [1.54, 1.807) is 14.0 Å². The number of nitrogens with zero attached hydrogens (tertiary/aromatic N) is 1. The van der Waals surface area contributed by atoms with E-state index in [9.17, 15) is 34.5 Å². The van der Waals surface area contributed by atoms with Gasteiger partial charge in [-0.25, -0.2) is 4.79 Å². The Balaban J connectivity index is 1.59. The van der Waals surface area contributed by atoms with E-state index in [1.165, 1.54) is 19.1 Å². The second kappa shape index (κ2) is 19.5.